The minimum Gasteiger partial charge on any atom is -0.278 e. The van der Waals surface area contributed by atoms with E-state index in [1.54, 1.807) is 0 Å². The summed E-state index contributed by atoms with van der Waals surface area (Å²) in [6.45, 7) is 6.29. The van der Waals surface area contributed by atoms with Crippen LogP contribution >= 0.6 is 0 Å². The van der Waals surface area contributed by atoms with E-state index in [0.717, 1.165) is 49.8 Å². The molecule has 0 aliphatic heterocycles. The van der Waals surface area contributed by atoms with Gasteiger partial charge >= 0.3 is 0 Å². The van der Waals surface area contributed by atoms with Crippen molar-refractivity contribution in [1.82, 2.24) is 19.5 Å². The Bertz CT molecular complexity index is 2520. The third-order valence-electron chi connectivity index (χ3n) is 8.75. The Morgan fingerprint density at radius 2 is 1.29 bits per heavy atom. The fraction of sp³-hybridized carbons (Fsp3) is 0.0227. The summed E-state index contributed by atoms with van der Waals surface area (Å²) >= 11 is 0. The van der Waals surface area contributed by atoms with Gasteiger partial charge in [-0.1, -0.05) is 152 Å². The molecular formula is C44H32N4. The number of nitrogens with zero attached hydrogens (tertiary/aromatic N) is 4. The van der Waals surface area contributed by atoms with Gasteiger partial charge < -0.3 is 0 Å². The van der Waals surface area contributed by atoms with Gasteiger partial charge in [0.1, 0.15) is 0 Å². The highest BCUT2D eigenvalue weighted by Crippen LogP contribution is 2.36. The van der Waals surface area contributed by atoms with Gasteiger partial charge in [0, 0.05) is 16.3 Å². The molecule has 0 unspecified atom stereocenters. The molecular weight excluding hydrogens is 585 g/mol. The molecule has 6 aromatic carbocycles. The third-order valence-corrected chi connectivity index (χ3v) is 8.75. The van der Waals surface area contributed by atoms with Crippen LogP contribution in [-0.2, 0) is 0 Å². The summed E-state index contributed by atoms with van der Waals surface area (Å²) in [5, 5.41) is 4.75. The Kier molecular flexibility index (Phi) is 7.52. The van der Waals surface area contributed by atoms with Crippen molar-refractivity contribution in [2.75, 3.05) is 0 Å². The highest BCUT2D eigenvalue weighted by molar-refractivity contribution is 6.21. The summed E-state index contributed by atoms with van der Waals surface area (Å²) in [5.41, 5.74) is 8.21. The first-order valence-electron chi connectivity index (χ1n) is 16.1. The molecule has 0 N–H and O–H groups in total. The number of allylic oxidation sites excluding steroid dienone is 5. The Morgan fingerprint density at radius 3 is 2.12 bits per heavy atom. The van der Waals surface area contributed by atoms with E-state index in [0.29, 0.717) is 17.6 Å². The molecule has 0 aliphatic carbocycles. The Morgan fingerprint density at radius 1 is 0.604 bits per heavy atom. The zero-order valence-corrected chi connectivity index (χ0v) is 26.6. The second-order valence-electron chi connectivity index (χ2n) is 11.9. The molecule has 48 heavy (non-hydrogen) atoms. The lowest BCUT2D eigenvalue weighted by Crippen LogP contribution is -2.07. The van der Waals surface area contributed by atoms with Crippen molar-refractivity contribution < 1.29 is 0 Å². The predicted octanol–water partition coefficient (Wildman–Crippen LogP) is 11.1. The minimum absolute atomic E-state index is 0.576. The van der Waals surface area contributed by atoms with Crippen LogP contribution in [0.15, 0.2) is 170 Å². The summed E-state index contributed by atoms with van der Waals surface area (Å²) in [6.07, 6.45) is 6.07. The lowest BCUT2D eigenvalue weighted by Gasteiger charge is -2.12. The van der Waals surface area contributed by atoms with Crippen LogP contribution in [0, 0.1) is 0 Å². The van der Waals surface area contributed by atoms with Crippen LogP contribution in [0.4, 0.5) is 0 Å². The van der Waals surface area contributed by atoms with Crippen molar-refractivity contribution in [3.05, 3.63) is 182 Å². The Balaban J connectivity index is 1.32. The van der Waals surface area contributed by atoms with Gasteiger partial charge in [-0.2, -0.15) is 9.97 Å². The van der Waals surface area contributed by atoms with E-state index in [1.165, 1.54) is 16.2 Å². The predicted molar refractivity (Wildman–Crippen MR) is 201 cm³/mol. The summed E-state index contributed by atoms with van der Waals surface area (Å²) in [4.78, 5) is 15.4. The van der Waals surface area contributed by atoms with Crippen LogP contribution in [0.2, 0.25) is 0 Å². The van der Waals surface area contributed by atoms with Crippen LogP contribution < -0.4 is 0 Å². The Hall–Kier alpha value is -6.39. The second-order valence-corrected chi connectivity index (χ2v) is 11.9. The lowest BCUT2D eigenvalue weighted by molar-refractivity contribution is 0.930. The summed E-state index contributed by atoms with van der Waals surface area (Å²) < 4.78 is 2.17. The van der Waals surface area contributed by atoms with E-state index in [-0.39, 0.29) is 0 Å². The van der Waals surface area contributed by atoms with Gasteiger partial charge in [0.15, 0.2) is 11.6 Å². The van der Waals surface area contributed by atoms with E-state index < -0.39 is 0 Å². The molecule has 0 saturated carbocycles. The third kappa shape index (κ3) is 5.40. The number of aromatic nitrogens is 4. The number of hydrogen-bond acceptors (Lipinski definition) is 3. The van der Waals surface area contributed by atoms with Crippen LogP contribution in [0.25, 0.3) is 72.2 Å². The standard InChI is InChI=1S/C44H32N4/c1-30(32-17-5-3-6-18-32)15-13-16-31(2)42-45-43(36-23-14-22-35(29-36)33-19-7-4-8-20-33)47-44(46-42)48-39-26-12-11-25-38(39)41-37-24-10-9-21-34(37)27-28-40(41)48/h3-29H,1H2,2H3/b15-13-,31-16+. The summed E-state index contributed by atoms with van der Waals surface area (Å²) in [6, 6.07) is 50.3. The van der Waals surface area contributed by atoms with Crippen molar-refractivity contribution in [2.24, 2.45) is 0 Å². The van der Waals surface area contributed by atoms with Gasteiger partial charge in [0.2, 0.25) is 5.95 Å². The molecule has 0 amide bonds. The van der Waals surface area contributed by atoms with E-state index in [2.05, 4.69) is 132 Å². The molecule has 4 heteroatoms. The average Bonchev–Trinajstić information content (AvgIpc) is 3.50. The van der Waals surface area contributed by atoms with Gasteiger partial charge in [0.25, 0.3) is 0 Å². The number of hydrogen-bond donors (Lipinski definition) is 0. The maximum atomic E-state index is 5.17. The monoisotopic (exact) mass is 616 g/mol. The first-order valence-corrected chi connectivity index (χ1v) is 16.1. The van der Waals surface area contributed by atoms with Crippen LogP contribution in [0.1, 0.15) is 18.3 Å². The number of rotatable bonds is 7. The van der Waals surface area contributed by atoms with Crippen molar-refractivity contribution in [3.8, 4) is 28.5 Å². The molecule has 2 heterocycles. The van der Waals surface area contributed by atoms with E-state index in [9.17, 15) is 0 Å². The highest BCUT2D eigenvalue weighted by atomic mass is 15.2. The molecule has 8 rings (SSSR count). The second kappa shape index (κ2) is 12.4. The zero-order chi connectivity index (χ0) is 32.5. The molecule has 0 bridgehead atoms. The van der Waals surface area contributed by atoms with Crippen molar-refractivity contribution >= 4 is 43.7 Å². The molecule has 0 fully saturated rings. The van der Waals surface area contributed by atoms with E-state index >= 15 is 0 Å². The maximum Gasteiger partial charge on any atom is 0.238 e. The molecule has 2 aromatic heterocycles. The van der Waals surface area contributed by atoms with E-state index in [4.69, 9.17) is 15.0 Å². The van der Waals surface area contributed by atoms with Gasteiger partial charge in [-0.05, 0) is 63.7 Å². The summed E-state index contributed by atoms with van der Waals surface area (Å²) in [7, 11) is 0. The van der Waals surface area contributed by atoms with Gasteiger partial charge in [-0.25, -0.2) is 4.98 Å². The van der Waals surface area contributed by atoms with Crippen LogP contribution in [0.3, 0.4) is 0 Å². The van der Waals surface area contributed by atoms with E-state index in [1.807, 2.05) is 49.4 Å². The van der Waals surface area contributed by atoms with Crippen molar-refractivity contribution in [3.63, 3.8) is 0 Å². The van der Waals surface area contributed by atoms with Gasteiger partial charge in [-0.15, -0.1) is 0 Å². The molecule has 0 aliphatic rings. The SMILES string of the molecule is C=C(/C=C\C=C(/C)c1nc(-c2cccc(-c3ccccc3)c2)nc(-n2c3ccccc3c3c4ccccc4ccc32)n1)c1ccccc1. The summed E-state index contributed by atoms with van der Waals surface area (Å²) in [5.74, 6) is 1.80. The van der Waals surface area contributed by atoms with Crippen LogP contribution in [-0.4, -0.2) is 19.5 Å². The number of benzene rings is 6. The normalized spacial score (nSPS) is 12.0. The van der Waals surface area contributed by atoms with Gasteiger partial charge in [0.05, 0.1) is 11.0 Å². The molecule has 8 aromatic rings. The number of para-hydroxylation sites is 1. The molecule has 0 saturated heterocycles. The topological polar surface area (TPSA) is 43.6 Å². The largest absolute Gasteiger partial charge is 0.278 e. The minimum atomic E-state index is 0.576. The zero-order valence-electron chi connectivity index (χ0n) is 26.6. The smallest absolute Gasteiger partial charge is 0.238 e. The van der Waals surface area contributed by atoms with Crippen molar-refractivity contribution in [1.29, 1.82) is 0 Å². The van der Waals surface area contributed by atoms with Crippen LogP contribution in [0.5, 0.6) is 0 Å². The highest BCUT2D eigenvalue weighted by Gasteiger charge is 2.19. The molecule has 228 valence electrons. The number of fused-ring (bicyclic) bond motifs is 5. The fourth-order valence-electron chi connectivity index (χ4n) is 6.32. The van der Waals surface area contributed by atoms with Crippen molar-refractivity contribution in [2.45, 2.75) is 6.92 Å². The quantitative estimate of drug-likeness (QED) is 0.167. The average molecular weight is 617 g/mol. The van der Waals surface area contributed by atoms with Gasteiger partial charge in [-0.3, -0.25) is 4.57 Å². The molecule has 0 spiro atoms. The first-order chi connectivity index (χ1) is 23.6. The molecule has 4 nitrogen and oxygen atoms in total. The molecule has 0 radical (unpaired) electrons. The molecule has 0 atom stereocenters. The maximum absolute atomic E-state index is 5.17. The first kappa shape index (κ1) is 29.0. The Labute approximate surface area is 279 Å². The fourth-order valence-corrected chi connectivity index (χ4v) is 6.32. The lowest BCUT2D eigenvalue weighted by atomic mass is 10.0.